The zero-order valence-electron chi connectivity index (χ0n) is 8.05. The summed E-state index contributed by atoms with van der Waals surface area (Å²) < 4.78 is 0. The van der Waals surface area contributed by atoms with Gasteiger partial charge in [0.05, 0.1) is 0 Å². The molecule has 0 saturated heterocycles. The van der Waals surface area contributed by atoms with Crippen molar-refractivity contribution >= 4 is 12.6 Å². The van der Waals surface area contributed by atoms with Crippen molar-refractivity contribution in [2.45, 2.75) is 32.6 Å². The van der Waals surface area contributed by atoms with Gasteiger partial charge in [-0.2, -0.15) is 12.6 Å². The molecule has 0 aromatic heterocycles. The number of nitrogens with one attached hydrogen (secondary N) is 1. The number of hydrogen-bond acceptors (Lipinski definition) is 2. The number of rotatable bonds is 4. The predicted octanol–water partition coefficient (Wildman–Crippen LogP) is 2.33. The first-order valence-corrected chi connectivity index (χ1v) is 5.77. The Kier molecular flexibility index (Phi) is 5.08. The number of hydrogen-bond donors (Lipinski definition) is 2. The van der Waals surface area contributed by atoms with Crippen LogP contribution in [0.2, 0.25) is 0 Å². The second-order valence-electron chi connectivity index (χ2n) is 4.05. The molecule has 1 aliphatic rings. The fourth-order valence-corrected chi connectivity index (χ4v) is 2.08. The predicted molar refractivity (Wildman–Crippen MR) is 57.8 cm³/mol. The van der Waals surface area contributed by atoms with E-state index in [1.54, 1.807) is 0 Å². The molecule has 0 bridgehead atoms. The highest BCUT2D eigenvalue weighted by Gasteiger charge is 2.17. The minimum absolute atomic E-state index is 0.945. The minimum Gasteiger partial charge on any atom is -0.316 e. The molecule has 1 nitrogen and oxygen atoms in total. The normalized spacial score (nSPS) is 30.5. The highest BCUT2D eigenvalue weighted by molar-refractivity contribution is 7.80. The van der Waals surface area contributed by atoms with Crippen LogP contribution in [-0.2, 0) is 0 Å². The van der Waals surface area contributed by atoms with Crippen LogP contribution in [-0.4, -0.2) is 18.8 Å². The van der Waals surface area contributed by atoms with Crippen molar-refractivity contribution in [3.8, 4) is 0 Å². The topological polar surface area (TPSA) is 12.0 Å². The van der Waals surface area contributed by atoms with Gasteiger partial charge in [0.1, 0.15) is 0 Å². The lowest BCUT2D eigenvalue weighted by Gasteiger charge is -2.26. The van der Waals surface area contributed by atoms with Crippen LogP contribution >= 0.6 is 12.6 Å². The fourth-order valence-electron chi connectivity index (χ4n) is 1.92. The maximum Gasteiger partial charge on any atom is 0.00398 e. The van der Waals surface area contributed by atoms with E-state index in [9.17, 15) is 0 Å². The van der Waals surface area contributed by atoms with E-state index in [1.807, 2.05) is 0 Å². The standard InChI is InChI=1S/C10H21NS/c1-9-2-4-10(5-3-9)8-11-6-7-12/h9-12H,2-8H2,1H3. The van der Waals surface area contributed by atoms with E-state index in [0.29, 0.717) is 0 Å². The zero-order chi connectivity index (χ0) is 8.81. The van der Waals surface area contributed by atoms with E-state index in [-0.39, 0.29) is 0 Å². The van der Waals surface area contributed by atoms with Crippen LogP contribution in [0.3, 0.4) is 0 Å². The summed E-state index contributed by atoms with van der Waals surface area (Å²) >= 11 is 4.17. The zero-order valence-corrected chi connectivity index (χ0v) is 8.95. The van der Waals surface area contributed by atoms with Gasteiger partial charge in [0, 0.05) is 12.3 Å². The lowest BCUT2D eigenvalue weighted by atomic mass is 9.83. The lowest BCUT2D eigenvalue weighted by molar-refractivity contribution is 0.283. The van der Waals surface area contributed by atoms with Gasteiger partial charge in [-0.3, -0.25) is 0 Å². The first kappa shape index (κ1) is 10.4. The largest absolute Gasteiger partial charge is 0.316 e. The first-order valence-electron chi connectivity index (χ1n) is 5.14. The van der Waals surface area contributed by atoms with Crippen molar-refractivity contribution in [2.75, 3.05) is 18.8 Å². The Hall–Kier alpha value is 0.310. The monoisotopic (exact) mass is 187 g/mol. The van der Waals surface area contributed by atoms with Crippen LogP contribution in [0.25, 0.3) is 0 Å². The summed E-state index contributed by atoms with van der Waals surface area (Å²) in [5, 5.41) is 3.44. The quantitative estimate of drug-likeness (QED) is 0.508. The van der Waals surface area contributed by atoms with Gasteiger partial charge in [0.15, 0.2) is 0 Å². The van der Waals surface area contributed by atoms with Crippen LogP contribution < -0.4 is 5.32 Å². The molecule has 0 aromatic rings. The highest BCUT2D eigenvalue weighted by atomic mass is 32.1. The molecule has 0 spiro atoms. The van der Waals surface area contributed by atoms with Crippen molar-refractivity contribution < 1.29 is 0 Å². The van der Waals surface area contributed by atoms with Crippen molar-refractivity contribution in [1.29, 1.82) is 0 Å². The Labute approximate surface area is 81.7 Å². The third-order valence-electron chi connectivity index (χ3n) is 2.86. The average molecular weight is 187 g/mol. The summed E-state index contributed by atoms with van der Waals surface area (Å²) in [4.78, 5) is 0. The third-order valence-corrected chi connectivity index (χ3v) is 3.08. The molecular formula is C10H21NS. The van der Waals surface area contributed by atoms with Gasteiger partial charge >= 0.3 is 0 Å². The molecule has 12 heavy (non-hydrogen) atoms. The molecule has 0 radical (unpaired) electrons. The van der Waals surface area contributed by atoms with Gasteiger partial charge in [0.25, 0.3) is 0 Å². The Morgan fingerprint density at radius 2 is 1.92 bits per heavy atom. The molecule has 0 atom stereocenters. The van der Waals surface area contributed by atoms with Crippen LogP contribution in [0.1, 0.15) is 32.6 Å². The molecule has 1 fully saturated rings. The Bertz CT molecular complexity index is 108. The van der Waals surface area contributed by atoms with E-state index in [4.69, 9.17) is 0 Å². The summed E-state index contributed by atoms with van der Waals surface area (Å²) in [6.07, 6.45) is 5.74. The molecule has 0 aromatic carbocycles. The Morgan fingerprint density at radius 3 is 2.50 bits per heavy atom. The molecule has 1 rings (SSSR count). The van der Waals surface area contributed by atoms with Gasteiger partial charge in [0.2, 0.25) is 0 Å². The average Bonchev–Trinajstić information content (AvgIpc) is 2.09. The van der Waals surface area contributed by atoms with Gasteiger partial charge < -0.3 is 5.32 Å². The smallest absolute Gasteiger partial charge is 0.00398 e. The van der Waals surface area contributed by atoms with Crippen LogP contribution in [0.15, 0.2) is 0 Å². The molecule has 1 aliphatic carbocycles. The first-order chi connectivity index (χ1) is 5.83. The molecule has 2 heteroatoms. The van der Waals surface area contributed by atoms with E-state index >= 15 is 0 Å². The number of thiol groups is 1. The maximum atomic E-state index is 4.17. The van der Waals surface area contributed by atoms with Crippen molar-refractivity contribution in [3.05, 3.63) is 0 Å². The Morgan fingerprint density at radius 1 is 1.25 bits per heavy atom. The molecule has 1 saturated carbocycles. The summed E-state index contributed by atoms with van der Waals surface area (Å²) in [6, 6.07) is 0. The fraction of sp³-hybridized carbons (Fsp3) is 1.00. The summed E-state index contributed by atoms with van der Waals surface area (Å²) in [6.45, 7) is 4.65. The Balaban J connectivity index is 2.01. The van der Waals surface area contributed by atoms with Crippen molar-refractivity contribution in [1.82, 2.24) is 5.32 Å². The summed E-state index contributed by atoms with van der Waals surface area (Å²) in [7, 11) is 0. The molecule has 0 aliphatic heterocycles. The minimum atomic E-state index is 0.945. The molecule has 0 heterocycles. The molecule has 0 amide bonds. The third kappa shape index (κ3) is 3.81. The van der Waals surface area contributed by atoms with E-state index in [0.717, 1.165) is 24.1 Å². The van der Waals surface area contributed by atoms with E-state index < -0.39 is 0 Å². The molecular weight excluding hydrogens is 166 g/mol. The lowest BCUT2D eigenvalue weighted by Crippen LogP contribution is -2.27. The van der Waals surface area contributed by atoms with Gasteiger partial charge in [-0.25, -0.2) is 0 Å². The maximum absolute atomic E-state index is 4.17. The van der Waals surface area contributed by atoms with E-state index in [2.05, 4.69) is 24.9 Å². The van der Waals surface area contributed by atoms with Crippen molar-refractivity contribution in [2.24, 2.45) is 11.8 Å². The highest BCUT2D eigenvalue weighted by Crippen LogP contribution is 2.27. The second kappa shape index (κ2) is 5.87. The SMILES string of the molecule is CC1CCC(CNCCS)CC1. The van der Waals surface area contributed by atoms with Crippen LogP contribution in [0.5, 0.6) is 0 Å². The molecule has 72 valence electrons. The van der Waals surface area contributed by atoms with Gasteiger partial charge in [-0.1, -0.05) is 19.8 Å². The van der Waals surface area contributed by atoms with Crippen LogP contribution in [0, 0.1) is 11.8 Å². The van der Waals surface area contributed by atoms with Crippen molar-refractivity contribution in [3.63, 3.8) is 0 Å². The summed E-state index contributed by atoms with van der Waals surface area (Å²) in [5.74, 6) is 2.88. The van der Waals surface area contributed by atoms with Gasteiger partial charge in [-0.15, -0.1) is 0 Å². The molecule has 0 unspecified atom stereocenters. The molecule has 1 N–H and O–H groups in total. The van der Waals surface area contributed by atoms with Gasteiger partial charge in [-0.05, 0) is 31.2 Å². The van der Waals surface area contributed by atoms with E-state index in [1.165, 1.54) is 32.2 Å². The summed E-state index contributed by atoms with van der Waals surface area (Å²) in [5.41, 5.74) is 0. The second-order valence-corrected chi connectivity index (χ2v) is 4.50. The van der Waals surface area contributed by atoms with Crippen LogP contribution in [0.4, 0.5) is 0 Å².